The largest absolute Gasteiger partial charge is 0.506 e. The number of benzene rings is 3. The number of aromatic hydroxyl groups is 2. The molecule has 0 aliphatic carbocycles. The molecule has 0 fully saturated rings. The van der Waals surface area contributed by atoms with E-state index in [0.29, 0.717) is 20.1 Å². The van der Waals surface area contributed by atoms with Gasteiger partial charge in [-0.25, -0.2) is 9.59 Å². The first kappa shape index (κ1) is 23.3. The Bertz CT molecular complexity index is 1160. The Morgan fingerprint density at radius 2 is 0.906 bits per heavy atom. The number of hydrogen-bond donors (Lipinski definition) is 4. The first-order valence-corrected chi connectivity index (χ1v) is 10.7. The number of carboxylic acid groups (broad SMARTS) is 2. The number of carbonyl (C=O) groups is 2. The lowest BCUT2D eigenvalue weighted by Gasteiger charge is -2.05. The van der Waals surface area contributed by atoms with Gasteiger partial charge >= 0.3 is 11.9 Å². The van der Waals surface area contributed by atoms with Gasteiger partial charge in [0.1, 0.15) is 22.6 Å². The summed E-state index contributed by atoms with van der Waals surface area (Å²) in [6, 6.07) is 13.5. The fourth-order valence-corrected chi connectivity index (χ4v) is 3.82. The summed E-state index contributed by atoms with van der Waals surface area (Å²) >= 11 is 6.31. The molecule has 0 spiro atoms. The lowest BCUT2D eigenvalue weighted by atomic mass is 10.1. The van der Waals surface area contributed by atoms with Crippen LogP contribution < -0.4 is 0 Å². The summed E-state index contributed by atoms with van der Waals surface area (Å²) in [6.45, 7) is 0. The highest BCUT2D eigenvalue weighted by Crippen LogP contribution is 2.31. The van der Waals surface area contributed by atoms with E-state index in [1.807, 2.05) is 36.4 Å². The lowest BCUT2D eigenvalue weighted by Crippen LogP contribution is -1.97. The Morgan fingerprint density at radius 1 is 0.594 bits per heavy atom. The molecule has 0 radical (unpaired) electrons. The molecule has 0 aromatic heterocycles. The second-order valence-corrected chi connectivity index (χ2v) is 8.45. The molecule has 0 aliphatic rings. The summed E-state index contributed by atoms with van der Waals surface area (Å²) in [5.74, 6) is -3.07. The molecular weight excluding hydrogens is 544 g/mol. The predicted molar refractivity (Wildman–Crippen MR) is 130 cm³/mol. The SMILES string of the molecule is O=C(O)c1cc(/C=C/c2ccc(/C=C/c3cc(Br)c(O)c(C(=O)O)c3)cc2)cc(Br)c1O. The molecule has 6 nitrogen and oxygen atoms in total. The van der Waals surface area contributed by atoms with Gasteiger partial charge in [-0.2, -0.15) is 0 Å². The van der Waals surface area contributed by atoms with Crippen LogP contribution in [0.2, 0.25) is 0 Å². The van der Waals surface area contributed by atoms with Crippen LogP contribution in [0.4, 0.5) is 0 Å². The van der Waals surface area contributed by atoms with Crippen molar-refractivity contribution in [3.63, 3.8) is 0 Å². The standard InChI is InChI=1S/C24H16Br2O6/c25-19-11-15(9-17(21(19)27)23(29)30)7-5-13-1-2-14(4-3-13)6-8-16-10-18(24(31)32)22(28)20(26)12-16/h1-12,27-28H,(H,29,30)(H,31,32)/b7-5+,8-6+. The molecule has 0 heterocycles. The summed E-state index contributed by atoms with van der Waals surface area (Å²) in [4.78, 5) is 22.5. The average molecular weight is 560 g/mol. The smallest absolute Gasteiger partial charge is 0.339 e. The highest BCUT2D eigenvalue weighted by atomic mass is 79.9. The molecule has 0 bridgehead atoms. The summed E-state index contributed by atoms with van der Waals surface area (Å²) in [5.41, 5.74) is 2.61. The molecule has 0 amide bonds. The Hall–Kier alpha value is -3.36. The topological polar surface area (TPSA) is 115 Å². The van der Waals surface area contributed by atoms with Crippen molar-refractivity contribution in [2.45, 2.75) is 0 Å². The molecule has 0 saturated heterocycles. The molecule has 0 saturated carbocycles. The minimum atomic E-state index is -1.22. The fourth-order valence-electron chi connectivity index (χ4n) is 2.86. The zero-order valence-corrected chi connectivity index (χ0v) is 19.5. The van der Waals surface area contributed by atoms with Crippen LogP contribution >= 0.6 is 31.9 Å². The maximum Gasteiger partial charge on any atom is 0.339 e. The first-order chi connectivity index (χ1) is 15.2. The third kappa shape index (κ3) is 5.46. The lowest BCUT2D eigenvalue weighted by molar-refractivity contribution is 0.0682. The number of halogens is 2. The molecule has 3 aromatic rings. The second kappa shape index (κ2) is 9.84. The van der Waals surface area contributed by atoms with Crippen LogP contribution in [0.25, 0.3) is 24.3 Å². The first-order valence-electron chi connectivity index (χ1n) is 9.13. The number of hydrogen-bond acceptors (Lipinski definition) is 4. The van der Waals surface area contributed by atoms with Gasteiger partial charge in [0, 0.05) is 0 Å². The Balaban J connectivity index is 1.78. The maximum atomic E-state index is 11.2. The molecular formula is C24H16Br2O6. The van der Waals surface area contributed by atoms with E-state index in [9.17, 15) is 30.0 Å². The van der Waals surface area contributed by atoms with Crippen LogP contribution in [-0.2, 0) is 0 Å². The van der Waals surface area contributed by atoms with Crippen LogP contribution in [0.3, 0.4) is 0 Å². The zero-order chi connectivity index (χ0) is 23.4. The van der Waals surface area contributed by atoms with Crippen LogP contribution in [0.5, 0.6) is 11.5 Å². The van der Waals surface area contributed by atoms with Crippen LogP contribution in [-0.4, -0.2) is 32.4 Å². The Labute approximate surface area is 200 Å². The second-order valence-electron chi connectivity index (χ2n) is 6.74. The van der Waals surface area contributed by atoms with Crippen molar-refractivity contribution in [3.05, 3.63) is 90.9 Å². The zero-order valence-electron chi connectivity index (χ0n) is 16.3. The monoisotopic (exact) mass is 558 g/mol. The number of carboxylic acids is 2. The van der Waals surface area contributed by atoms with Gasteiger partial charge in [-0.3, -0.25) is 0 Å². The van der Waals surface area contributed by atoms with Crippen molar-refractivity contribution in [2.24, 2.45) is 0 Å². The molecule has 3 aromatic carbocycles. The normalized spacial score (nSPS) is 11.3. The molecule has 4 N–H and O–H groups in total. The summed E-state index contributed by atoms with van der Waals surface area (Å²) < 4.78 is 0.592. The molecule has 3 rings (SSSR count). The van der Waals surface area contributed by atoms with Gasteiger partial charge in [0.25, 0.3) is 0 Å². The van der Waals surface area contributed by atoms with Gasteiger partial charge in [-0.05, 0) is 78.4 Å². The van der Waals surface area contributed by atoms with E-state index in [0.717, 1.165) is 11.1 Å². The minimum absolute atomic E-state index is 0.188. The third-order valence-corrected chi connectivity index (χ3v) is 5.71. The molecule has 0 atom stereocenters. The van der Waals surface area contributed by atoms with Gasteiger partial charge in [0.05, 0.1) is 8.95 Å². The predicted octanol–water partition coefficient (Wildman–Crippen LogP) is 6.36. The van der Waals surface area contributed by atoms with E-state index in [1.54, 1.807) is 24.3 Å². The van der Waals surface area contributed by atoms with Crippen molar-refractivity contribution >= 4 is 68.1 Å². The Morgan fingerprint density at radius 3 is 1.22 bits per heavy atom. The van der Waals surface area contributed by atoms with E-state index >= 15 is 0 Å². The van der Waals surface area contributed by atoms with E-state index < -0.39 is 11.9 Å². The molecule has 0 aliphatic heterocycles. The van der Waals surface area contributed by atoms with Gasteiger partial charge < -0.3 is 20.4 Å². The van der Waals surface area contributed by atoms with Crippen molar-refractivity contribution in [1.29, 1.82) is 0 Å². The summed E-state index contributed by atoms with van der Waals surface area (Å²) in [5, 5.41) is 38.0. The minimum Gasteiger partial charge on any atom is -0.506 e. The van der Waals surface area contributed by atoms with Gasteiger partial charge in [0.2, 0.25) is 0 Å². The van der Waals surface area contributed by atoms with Crippen molar-refractivity contribution in [2.75, 3.05) is 0 Å². The van der Waals surface area contributed by atoms with Gasteiger partial charge in [0.15, 0.2) is 0 Å². The van der Waals surface area contributed by atoms with E-state index in [1.165, 1.54) is 12.1 Å². The highest BCUT2D eigenvalue weighted by Gasteiger charge is 2.14. The number of phenols is 2. The van der Waals surface area contributed by atoms with Crippen molar-refractivity contribution < 1.29 is 30.0 Å². The average Bonchev–Trinajstić information content (AvgIpc) is 2.75. The highest BCUT2D eigenvalue weighted by molar-refractivity contribution is 9.10. The summed E-state index contributed by atoms with van der Waals surface area (Å²) in [6.07, 6.45) is 7.11. The number of aromatic carboxylic acids is 2. The van der Waals surface area contributed by atoms with Gasteiger partial charge in [-0.1, -0.05) is 48.6 Å². The molecule has 32 heavy (non-hydrogen) atoms. The molecule has 0 unspecified atom stereocenters. The van der Waals surface area contributed by atoms with Crippen LogP contribution in [0.15, 0.2) is 57.5 Å². The van der Waals surface area contributed by atoms with E-state index in [2.05, 4.69) is 31.9 Å². The quantitative estimate of drug-likeness (QED) is 0.261. The van der Waals surface area contributed by atoms with E-state index in [4.69, 9.17) is 0 Å². The number of rotatable bonds is 6. The van der Waals surface area contributed by atoms with Gasteiger partial charge in [-0.15, -0.1) is 0 Å². The molecule has 8 heteroatoms. The maximum absolute atomic E-state index is 11.2. The third-order valence-electron chi connectivity index (χ3n) is 4.51. The van der Waals surface area contributed by atoms with E-state index in [-0.39, 0.29) is 22.6 Å². The van der Waals surface area contributed by atoms with Crippen molar-refractivity contribution in [3.8, 4) is 11.5 Å². The van der Waals surface area contributed by atoms with Crippen molar-refractivity contribution in [1.82, 2.24) is 0 Å². The fraction of sp³-hybridized carbons (Fsp3) is 0. The van der Waals surface area contributed by atoms with Crippen LogP contribution in [0.1, 0.15) is 43.0 Å². The Kier molecular flexibility index (Phi) is 7.17. The van der Waals surface area contributed by atoms with Crippen LogP contribution in [0, 0.1) is 0 Å². The summed E-state index contributed by atoms with van der Waals surface area (Å²) in [7, 11) is 0. The molecule has 162 valence electrons.